The summed E-state index contributed by atoms with van der Waals surface area (Å²) in [7, 11) is 0. The van der Waals surface area contributed by atoms with Crippen LogP contribution in [0.5, 0.6) is 0 Å². The Hall–Kier alpha value is -2.87. The van der Waals surface area contributed by atoms with Crippen LogP contribution in [0.2, 0.25) is 0 Å². The minimum Gasteiger partial charge on any atom is -0.365 e. The molecule has 2 bridgehead atoms. The minimum absolute atomic E-state index is 0.0238. The molecule has 158 valence electrons. The first-order chi connectivity index (χ1) is 15.1. The highest BCUT2D eigenvalue weighted by atomic mass is 79.9. The number of hydrogen-bond acceptors (Lipinski definition) is 5. The summed E-state index contributed by atoms with van der Waals surface area (Å²) < 4.78 is 15.7. The van der Waals surface area contributed by atoms with E-state index in [0.717, 1.165) is 29.6 Å². The van der Waals surface area contributed by atoms with E-state index in [4.69, 9.17) is 0 Å². The van der Waals surface area contributed by atoms with Crippen molar-refractivity contribution in [1.82, 2.24) is 19.9 Å². The third-order valence-corrected chi connectivity index (χ3v) is 6.60. The SMILES string of the molecule is O=C(c1cccc(F)c1-c1ncccn1)N1CC2CCC1C(Nc1ccc(Br)cn1)C2. The largest absolute Gasteiger partial charge is 0.365 e. The van der Waals surface area contributed by atoms with Gasteiger partial charge in [0.1, 0.15) is 11.6 Å². The van der Waals surface area contributed by atoms with Gasteiger partial charge in [-0.25, -0.2) is 19.3 Å². The Morgan fingerprint density at radius 3 is 2.68 bits per heavy atom. The molecule has 2 aromatic heterocycles. The van der Waals surface area contributed by atoms with Crippen molar-refractivity contribution in [3.8, 4) is 11.4 Å². The van der Waals surface area contributed by atoms with Crippen molar-refractivity contribution in [3.05, 3.63) is 70.8 Å². The second kappa shape index (κ2) is 8.34. The number of benzene rings is 1. The predicted molar refractivity (Wildman–Crippen MR) is 119 cm³/mol. The fourth-order valence-corrected chi connectivity index (χ4v) is 4.98. The lowest BCUT2D eigenvalue weighted by molar-refractivity contribution is 0.0282. The van der Waals surface area contributed by atoms with Gasteiger partial charge >= 0.3 is 0 Å². The van der Waals surface area contributed by atoms with Crippen LogP contribution in [-0.2, 0) is 0 Å². The molecule has 1 saturated carbocycles. The zero-order valence-corrected chi connectivity index (χ0v) is 18.3. The van der Waals surface area contributed by atoms with Crippen LogP contribution in [0.4, 0.5) is 10.2 Å². The van der Waals surface area contributed by atoms with E-state index in [1.807, 2.05) is 17.0 Å². The second-order valence-corrected chi connectivity index (χ2v) is 8.97. The highest BCUT2D eigenvalue weighted by molar-refractivity contribution is 9.10. The Kier molecular flexibility index (Phi) is 5.40. The summed E-state index contributed by atoms with van der Waals surface area (Å²) in [4.78, 5) is 28.3. The van der Waals surface area contributed by atoms with E-state index in [1.54, 1.807) is 36.8 Å². The molecule has 0 spiro atoms. The molecule has 3 unspecified atom stereocenters. The molecule has 3 fully saturated rings. The van der Waals surface area contributed by atoms with E-state index in [0.29, 0.717) is 18.0 Å². The van der Waals surface area contributed by atoms with Crippen molar-refractivity contribution in [2.24, 2.45) is 5.92 Å². The number of halogens is 2. The quantitative estimate of drug-likeness (QED) is 0.591. The normalized spacial score (nSPS) is 22.4. The first-order valence-electron chi connectivity index (χ1n) is 10.3. The Labute approximate surface area is 188 Å². The molecule has 2 saturated heterocycles. The van der Waals surface area contributed by atoms with Gasteiger partial charge in [-0.3, -0.25) is 4.79 Å². The van der Waals surface area contributed by atoms with Crippen LogP contribution in [0.15, 0.2) is 59.5 Å². The molecule has 6 nitrogen and oxygen atoms in total. The maximum absolute atomic E-state index is 14.8. The molecule has 1 aliphatic carbocycles. The van der Waals surface area contributed by atoms with E-state index in [2.05, 4.69) is 36.2 Å². The smallest absolute Gasteiger partial charge is 0.255 e. The van der Waals surface area contributed by atoms with Gasteiger partial charge in [0.2, 0.25) is 0 Å². The molecular formula is C23H21BrFN5O. The van der Waals surface area contributed by atoms with Crippen LogP contribution >= 0.6 is 15.9 Å². The van der Waals surface area contributed by atoms with Crippen molar-refractivity contribution in [2.45, 2.75) is 31.3 Å². The molecule has 0 radical (unpaired) electrons. The summed E-state index contributed by atoms with van der Waals surface area (Å²) in [6, 6.07) is 10.2. The van der Waals surface area contributed by atoms with Crippen LogP contribution in [0, 0.1) is 11.7 Å². The third kappa shape index (κ3) is 3.92. The Morgan fingerprint density at radius 2 is 1.94 bits per heavy atom. The zero-order valence-electron chi connectivity index (χ0n) is 16.7. The van der Waals surface area contributed by atoms with E-state index < -0.39 is 5.82 Å². The number of hydrogen-bond donors (Lipinski definition) is 1. The molecule has 3 aromatic rings. The van der Waals surface area contributed by atoms with Gasteiger partial charge in [-0.2, -0.15) is 0 Å². The van der Waals surface area contributed by atoms with E-state index in [1.165, 1.54) is 6.07 Å². The number of pyridine rings is 1. The van der Waals surface area contributed by atoms with Crippen molar-refractivity contribution in [1.29, 1.82) is 0 Å². The van der Waals surface area contributed by atoms with E-state index >= 15 is 0 Å². The highest BCUT2D eigenvalue weighted by Crippen LogP contribution is 2.38. The minimum atomic E-state index is -0.493. The summed E-state index contributed by atoms with van der Waals surface area (Å²) in [5, 5.41) is 3.51. The van der Waals surface area contributed by atoms with Crippen molar-refractivity contribution in [2.75, 3.05) is 11.9 Å². The molecule has 6 rings (SSSR count). The Morgan fingerprint density at radius 1 is 1.10 bits per heavy atom. The Balaban J connectivity index is 1.45. The molecular weight excluding hydrogens is 461 g/mol. The average molecular weight is 482 g/mol. The topological polar surface area (TPSA) is 71.0 Å². The summed E-state index contributed by atoms with van der Waals surface area (Å²) in [5.41, 5.74) is 0.466. The van der Waals surface area contributed by atoms with Gasteiger partial charge in [-0.15, -0.1) is 0 Å². The van der Waals surface area contributed by atoms with Crippen LogP contribution in [0.3, 0.4) is 0 Å². The number of carbonyl (C=O) groups is 1. The lowest BCUT2D eigenvalue weighted by atomic mass is 9.76. The van der Waals surface area contributed by atoms with Crippen LogP contribution in [0.25, 0.3) is 11.4 Å². The number of rotatable bonds is 4. The number of aromatic nitrogens is 3. The summed E-state index contributed by atoms with van der Waals surface area (Å²) in [6.45, 7) is 0.682. The number of nitrogens with one attached hydrogen (secondary N) is 1. The van der Waals surface area contributed by atoms with Gasteiger partial charge in [0.05, 0.1) is 17.2 Å². The maximum Gasteiger partial charge on any atom is 0.255 e. The molecule has 1 amide bonds. The summed E-state index contributed by atoms with van der Waals surface area (Å²) >= 11 is 3.41. The molecule has 3 aliphatic rings. The second-order valence-electron chi connectivity index (χ2n) is 8.05. The lowest BCUT2D eigenvalue weighted by Crippen LogP contribution is -2.59. The molecule has 31 heavy (non-hydrogen) atoms. The predicted octanol–water partition coefficient (Wildman–Crippen LogP) is 4.55. The summed E-state index contributed by atoms with van der Waals surface area (Å²) in [5.74, 6) is 0.754. The standard InChI is InChI=1S/C23H21BrFN5O/c24-15-6-8-20(28-12-15)29-18-11-14-5-7-19(18)30(13-14)23(31)16-3-1-4-17(25)21(16)22-26-9-2-10-27-22/h1-4,6,8-10,12,14,18-19H,5,7,11,13H2,(H,28,29). The van der Waals surface area contributed by atoms with Crippen molar-refractivity contribution < 1.29 is 9.18 Å². The first kappa shape index (κ1) is 20.1. The average Bonchev–Trinajstić information content (AvgIpc) is 2.81. The zero-order chi connectivity index (χ0) is 21.4. The number of amides is 1. The number of nitrogens with zero attached hydrogens (tertiary/aromatic N) is 4. The van der Waals surface area contributed by atoms with Gasteiger partial charge in [0.15, 0.2) is 5.82 Å². The monoisotopic (exact) mass is 481 g/mol. The van der Waals surface area contributed by atoms with Crippen LogP contribution < -0.4 is 5.32 Å². The van der Waals surface area contributed by atoms with Gasteiger partial charge in [0, 0.05) is 35.6 Å². The Bertz CT molecular complexity index is 1090. The fourth-order valence-electron chi connectivity index (χ4n) is 4.75. The van der Waals surface area contributed by atoms with Gasteiger partial charge in [-0.05, 0) is 71.4 Å². The van der Waals surface area contributed by atoms with Crippen molar-refractivity contribution in [3.63, 3.8) is 0 Å². The van der Waals surface area contributed by atoms with Crippen molar-refractivity contribution >= 4 is 27.7 Å². The molecule has 1 aromatic carbocycles. The molecule has 4 heterocycles. The van der Waals surface area contributed by atoms with Crippen LogP contribution in [-0.4, -0.2) is 44.4 Å². The number of piperidine rings is 2. The lowest BCUT2D eigenvalue weighted by Gasteiger charge is -2.50. The fraction of sp³-hybridized carbons (Fsp3) is 0.304. The highest BCUT2D eigenvalue weighted by Gasteiger charge is 2.43. The molecule has 3 atom stereocenters. The van der Waals surface area contributed by atoms with E-state index in [9.17, 15) is 9.18 Å². The number of anilines is 1. The summed E-state index contributed by atoms with van der Waals surface area (Å²) in [6.07, 6.45) is 7.86. The van der Waals surface area contributed by atoms with Gasteiger partial charge in [-0.1, -0.05) is 6.07 Å². The number of carbonyl (C=O) groups excluding carboxylic acids is 1. The van der Waals surface area contributed by atoms with Gasteiger partial charge < -0.3 is 10.2 Å². The molecule has 8 heteroatoms. The van der Waals surface area contributed by atoms with Gasteiger partial charge in [0.25, 0.3) is 5.91 Å². The van der Waals surface area contributed by atoms with E-state index in [-0.39, 0.29) is 29.4 Å². The third-order valence-electron chi connectivity index (χ3n) is 6.13. The molecule has 1 N–H and O–H groups in total. The first-order valence-corrected chi connectivity index (χ1v) is 11.1. The maximum atomic E-state index is 14.8. The van der Waals surface area contributed by atoms with Crippen LogP contribution in [0.1, 0.15) is 29.6 Å². The number of fused-ring (bicyclic) bond motifs is 3. The molecule has 2 aliphatic heterocycles.